The minimum atomic E-state index is 0.801. The van der Waals surface area contributed by atoms with E-state index >= 15 is 0 Å². The first-order valence-corrected chi connectivity index (χ1v) is 6.59. The average molecular weight is 272 g/mol. The molecule has 2 aromatic heterocycles. The van der Waals surface area contributed by atoms with Crippen molar-refractivity contribution < 1.29 is 4.74 Å². The fourth-order valence-corrected chi connectivity index (χ4v) is 2.47. The van der Waals surface area contributed by atoms with Gasteiger partial charge in [-0.15, -0.1) is 10.2 Å². The summed E-state index contributed by atoms with van der Waals surface area (Å²) in [6, 6.07) is 7.87. The number of ether oxygens (including phenoxy) is 1. The van der Waals surface area contributed by atoms with Crippen LogP contribution in [0.1, 0.15) is 16.4 Å². The van der Waals surface area contributed by atoms with E-state index in [1.165, 1.54) is 11.3 Å². The van der Waals surface area contributed by atoms with Crippen LogP contribution in [0.5, 0.6) is 5.75 Å². The Morgan fingerprint density at radius 3 is 2.63 bits per heavy atom. The molecule has 0 amide bonds. The molecule has 96 valence electrons. The van der Waals surface area contributed by atoms with Gasteiger partial charge in [0.05, 0.1) is 7.11 Å². The van der Waals surface area contributed by atoms with E-state index in [1.54, 1.807) is 11.6 Å². The lowest BCUT2D eigenvalue weighted by Gasteiger charge is -1.98. The Hall–Kier alpha value is -2.21. The molecule has 0 saturated carbocycles. The molecule has 0 aliphatic heterocycles. The third kappa shape index (κ3) is 2.34. The molecule has 0 N–H and O–H groups in total. The molecule has 0 unspecified atom stereocenters. The second-order valence-corrected chi connectivity index (χ2v) is 4.98. The first-order chi connectivity index (χ1) is 9.26. The minimum Gasteiger partial charge on any atom is -0.497 e. The van der Waals surface area contributed by atoms with Crippen molar-refractivity contribution in [3.63, 3.8) is 0 Å². The fraction of sp³-hybridized carbons (Fsp3) is 0.154. The molecule has 3 rings (SSSR count). The quantitative estimate of drug-likeness (QED) is 0.735. The van der Waals surface area contributed by atoms with Crippen LogP contribution in [0.15, 0.2) is 24.3 Å². The highest BCUT2D eigenvalue weighted by atomic mass is 32.1. The normalized spacial score (nSPS) is 11.5. The molecular weight excluding hydrogens is 260 g/mol. The van der Waals surface area contributed by atoms with Gasteiger partial charge >= 0.3 is 0 Å². The molecule has 6 heteroatoms. The summed E-state index contributed by atoms with van der Waals surface area (Å²) in [4.78, 5) is 0.812. The third-order valence-electron chi connectivity index (χ3n) is 2.70. The lowest BCUT2D eigenvalue weighted by Crippen LogP contribution is -1.87. The average Bonchev–Trinajstić information content (AvgIpc) is 2.99. The summed E-state index contributed by atoms with van der Waals surface area (Å²) in [5.74, 6) is 1.65. The number of aromatic nitrogens is 4. The summed E-state index contributed by atoms with van der Waals surface area (Å²) < 4.78 is 6.87. The van der Waals surface area contributed by atoms with Crippen LogP contribution in [-0.2, 0) is 0 Å². The van der Waals surface area contributed by atoms with Crippen molar-refractivity contribution in [3.8, 4) is 5.75 Å². The van der Waals surface area contributed by atoms with Crippen LogP contribution in [0.25, 0.3) is 17.1 Å². The van der Waals surface area contributed by atoms with Crippen LogP contribution < -0.4 is 4.74 Å². The highest BCUT2D eigenvalue weighted by molar-refractivity contribution is 7.17. The summed E-state index contributed by atoms with van der Waals surface area (Å²) >= 11 is 1.51. The van der Waals surface area contributed by atoms with Gasteiger partial charge < -0.3 is 4.74 Å². The predicted molar refractivity (Wildman–Crippen MR) is 75.3 cm³/mol. The molecule has 0 aliphatic rings. The molecule has 0 atom stereocenters. The molecule has 0 aliphatic carbocycles. The monoisotopic (exact) mass is 272 g/mol. The molecule has 0 spiro atoms. The maximum Gasteiger partial charge on any atom is 0.234 e. The van der Waals surface area contributed by atoms with Crippen LogP contribution in [0.3, 0.4) is 0 Å². The summed E-state index contributed by atoms with van der Waals surface area (Å²) in [6.07, 6.45) is 3.99. The van der Waals surface area contributed by atoms with Crippen molar-refractivity contribution in [1.29, 1.82) is 0 Å². The van der Waals surface area contributed by atoms with Gasteiger partial charge in [-0.25, -0.2) is 0 Å². The van der Waals surface area contributed by atoms with Gasteiger partial charge in [0.15, 0.2) is 5.82 Å². The van der Waals surface area contributed by atoms with Crippen molar-refractivity contribution in [3.05, 3.63) is 40.7 Å². The van der Waals surface area contributed by atoms with E-state index in [9.17, 15) is 0 Å². The first kappa shape index (κ1) is 11.9. The Balaban J connectivity index is 1.84. The molecule has 0 fully saturated rings. The Morgan fingerprint density at radius 1 is 1.16 bits per heavy atom. The molecule has 19 heavy (non-hydrogen) atoms. The summed E-state index contributed by atoms with van der Waals surface area (Å²) in [5.41, 5.74) is 1.10. The number of fused-ring (bicyclic) bond motifs is 1. The van der Waals surface area contributed by atoms with Crippen LogP contribution in [0, 0.1) is 6.92 Å². The van der Waals surface area contributed by atoms with Crippen molar-refractivity contribution in [2.24, 2.45) is 0 Å². The fourth-order valence-electron chi connectivity index (χ4n) is 1.68. The Morgan fingerprint density at radius 2 is 1.95 bits per heavy atom. The number of hydrogen-bond acceptors (Lipinski definition) is 5. The molecule has 0 saturated heterocycles. The van der Waals surface area contributed by atoms with Crippen LogP contribution >= 0.6 is 11.3 Å². The summed E-state index contributed by atoms with van der Waals surface area (Å²) in [6.45, 7) is 1.89. The number of methoxy groups -OCH3 is 1. The SMILES string of the molecule is COc1ccc(/C=C/c2nn3c(C)nnc3s2)cc1. The molecule has 3 aromatic rings. The number of nitrogens with zero attached hydrogens (tertiary/aromatic N) is 4. The maximum absolute atomic E-state index is 5.12. The Bertz CT molecular complexity index is 727. The molecular formula is C13H12N4OS. The van der Waals surface area contributed by atoms with E-state index in [-0.39, 0.29) is 0 Å². The van der Waals surface area contributed by atoms with Crippen molar-refractivity contribution in [2.75, 3.05) is 7.11 Å². The molecule has 5 nitrogen and oxygen atoms in total. The summed E-state index contributed by atoms with van der Waals surface area (Å²) in [5, 5.41) is 13.3. The van der Waals surface area contributed by atoms with Crippen LogP contribution in [0.4, 0.5) is 0 Å². The maximum atomic E-state index is 5.12. The van der Waals surface area contributed by atoms with Crippen molar-refractivity contribution in [2.45, 2.75) is 6.92 Å². The first-order valence-electron chi connectivity index (χ1n) is 5.77. The molecule has 0 radical (unpaired) electrons. The van der Waals surface area contributed by atoms with Crippen LogP contribution in [-0.4, -0.2) is 26.9 Å². The molecule has 0 bridgehead atoms. The smallest absolute Gasteiger partial charge is 0.234 e. The Kier molecular flexibility index (Phi) is 3.00. The molecule has 1 aromatic carbocycles. The van der Waals surface area contributed by atoms with E-state index in [4.69, 9.17) is 4.74 Å². The number of aryl methyl sites for hydroxylation is 1. The van der Waals surface area contributed by atoms with Crippen LogP contribution in [0.2, 0.25) is 0 Å². The van der Waals surface area contributed by atoms with Gasteiger partial charge in [0, 0.05) is 0 Å². The predicted octanol–water partition coefficient (Wildman–Crippen LogP) is 2.67. The largest absolute Gasteiger partial charge is 0.497 e. The lowest BCUT2D eigenvalue weighted by atomic mass is 10.2. The van der Waals surface area contributed by atoms with Gasteiger partial charge in [-0.05, 0) is 30.7 Å². The second kappa shape index (κ2) is 4.81. The number of benzene rings is 1. The second-order valence-electron chi connectivity index (χ2n) is 3.99. The van der Waals surface area contributed by atoms with E-state index in [0.717, 1.165) is 27.1 Å². The molecule has 2 heterocycles. The minimum absolute atomic E-state index is 0.801. The third-order valence-corrected chi connectivity index (χ3v) is 3.56. The standard InChI is InChI=1S/C13H12N4OS/c1-9-14-15-13-17(9)16-12(19-13)8-5-10-3-6-11(18-2)7-4-10/h3-8H,1-2H3/b8-5+. The number of hydrogen-bond donors (Lipinski definition) is 0. The number of rotatable bonds is 3. The zero-order valence-corrected chi connectivity index (χ0v) is 11.4. The van der Waals surface area contributed by atoms with Gasteiger partial charge in [-0.3, -0.25) is 0 Å². The van der Waals surface area contributed by atoms with E-state index < -0.39 is 0 Å². The van der Waals surface area contributed by atoms with Gasteiger partial charge in [0.2, 0.25) is 4.96 Å². The van der Waals surface area contributed by atoms with E-state index in [1.807, 2.05) is 43.3 Å². The van der Waals surface area contributed by atoms with Gasteiger partial charge in [0.1, 0.15) is 10.8 Å². The van der Waals surface area contributed by atoms with Gasteiger partial charge in [-0.2, -0.15) is 9.61 Å². The summed E-state index contributed by atoms with van der Waals surface area (Å²) in [7, 11) is 1.66. The zero-order chi connectivity index (χ0) is 13.2. The van der Waals surface area contributed by atoms with E-state index in [2.05, 4.69) is 15.3 Å². The zero-order valence-electron chi connectivity index (χ0n) is 10.6. The van der Waals surface area contributed by atoms with Crippen molar-refractivity contribution >= 4 is 28.4 Å². The van der Waals surface area contributed by atoms with E-state index in [0.29, 0.717) is 0 Å². The van der Waals surface area contributed by atoms with Gasteiger partial charge in [-0.1, -0.05) is 29.5 Å². The Labute approximate surface area is 114 Å². The highest BCUT2D eigenvalue weighted by Gasteiger charge is 2.05. The lowest BCUT2D eigenvalue weighted by molar-refractivity contribution is 0.415. The van der Waals surface area contributed by atoms with Crippen molar-refractivity contribution in [1.82, 2.24) is 19.8 Å². The highest BCUT2D eigenvalue weighted by Crippen LogP contribution is 2.17. The topological polar surface area (TPSA) is 52.3 Å². The van der Waals surface area contributed by atoms with Gasteiger partial charge in [0.25, 0.3) is 0 Å².